The third kappa shape index (κ3) is 3.83. The fourth-order valence-electron chi connectivity index (χ4n) is 2.61. The van der Waals surface area contributed by atoms with Gasteiger partial charge in [0.2, 0.25) is 0 Å². The van der Waals surface area contributed by atoms with Gasteiger partial charge in [-0.25, -0.2) is 4.98 Å². The number of nitrogens with zero attached hydrogens (tertiary/aromatic N) is 2. The van der Waals surface area contributed by atoms with E-state index in [9.17, 15) is 4.79 Å². The van der Waals surface area contributed by atoms with Crippen LogP contribution in [0.1, 0.15) is 6.42 Å². The van der Waals surface area contributed by atoms with Crippen molar-refractivity contribution >= 4 is 57.3 Å². The van der Waals surface area contributed by atoms with E-state index in [4.69, 9.17) is 15.5 Å². The maximum atomic E-state index is 11.6. The normalized spacial score (nSPS) is 10.3. The molecule has 0 saturated carbocycles. The van der Waals surface area contributed by atoms with Crippen LogP contribution in [0.4, 0.5) is 0 Å². The second-order valence-corrected chi connectivity index (χ2v) is 6.40. The minimum Gasteiger partial charge on any atom is -0.426 e. The maximum absolute atomic E-state index is 11.6. The molecule has 0 aliphatic heterocycles. The van der Waals surface area contributed by atoms with Crippen LogP contribution in [0.15, 0.2) is 54.7 Å². The lowest BCUT2D eigenvalue weighted by atomic mass is 10.1. The number of carbonyl (C=O) groups is 1. The molecule has 5 nitrogen and oxygen atoms in total. The Bertz CT molecular complexity index is 1050. The van der Waals surface area contributed by atoms with Crippen LogP contribution in [-0.4, -0.2) is 21.9 Å². The number of thiazole rings is 1. The number of hydrogen-bond donors (Lipinski definition) is 1. The molecule has 0 spiro atoms. The number of fused-ring (bicyclic) bond motifs is 3. The minimum atomic E-state index is -0.327. The van der Waals surface area contributed by atoms with E-state index in [1.54, 1.807) is 17.4 Å². The van der Waals surface area contributed by atoms with E-state index in [1.165, 1.54) is 4.70 Å². The summed E-state index contributed by atoms with van der Waals surface area (Å²) in [6.45, 7) is 0.281. The quantitative estimate of drug-likeness (QED) is 0.402. The molecule has 0 bridgehead atoms. The van der Waals surface area contributed by atoms with Gasteiger partial charge >= 0.3 is 5.97 Å². The van der Waals surface area contributed by atoms with Crippen molar-refractivity contribution in [2.24, 2.45) is 5.73 Å². The van der Waals surface area contributed by atoms with Crippen LogP contribution in [0.2, 0.25) is 0 Å². The van der Waals surface area contributed by atoms with E-state index in [-0.39, 0.29) is 43.7 Å². The number of para-hydroxylation sites is 1. The van der Waals surface area contributed by atoms with Gasteiger partial charge in [-0.3, -0.25) is 9.20 Å². The zero-order chi connectivity index (χ0) is 16.5. The molecular weight excluding hydrogens is 393 g/mol. The first kappa shape index (κ1) is 20.2. The molecule has 2 heterocycles. The summed E-state index contributed by atoms with van der Waals surface area (Å²) in [7, 11) is 0. The molecule has 136 valence electrons. The second-order valence-electron chi connectivity index (χ2n) is 5.39. The first-order valence-corrected chi connectivity index (χ1v) is 8.44. The fraction of sp³-hybridized carbons (Fsp3) is 0.111. The van der Waals surface area contributed by atoms with E-state index < -0.39 is 0 Å². The molecular formula is C18H17Cl2N3O2S. The number of aromatic nitrogens is 2. The Morgan fingerprint density at radius 2 is 1.96 bits per heavy atom. The van der Waals surface area contributed by atoms with Gasteiger partial charge in [-0.1, -0.05) is 35.6 Å². The molecule has 4 rings (SSSR count). The van der Waals surface area contributed by atoms with Crippen molar-refractivity contribution in [2.45, 2.75) is 6.42 Å². The van der Waals surface area contributed by atoms with Crippen molar-refractivity contribution in [3.8, 4) is 17.0 Å². The molecule has 26 heavy (non-hydrogen) atoms. The second kappa shape index (κ2) is 8.51. The zero-order valence-corrected chi connectivity index (χ0v) is 16.1. The average molecular weight is 410 g/mol. The van der Waals surface area contributed by atoms with Crippen LogP contribution < -0.4 is 10.5 Å². The van der Waals surface area contributed by atoms with E-state index >= 15 is 0 Å². The van der Waals surface area contributed by atoms with Crippen molar-refractivity contribution < 1.29 is 9.53 Å². The number of esters is 1. The number of ether oxygens (including phenoxy) is 1. The standard InChI is InChI=1S/C18H15N3O2S.2ClH/c19-9-8-17(22)23-13-5-3-4-12(10-13)14-11-21-15-6-1-2-7-16(15)24-18(21)20-14;;/h1-7,10-11H,8-9,19H2;2*1H. The highest BCUT2D eigenvalue weighted by molar-refractivity contribution is 7.23. The summed E-state index contributed by atoms with van der Waals surface area (Å²) >= 11 is 1.65. The SMILES string of the molecule is Cl.Cl.NCCC(=O)Oc1cccc(-c2cn3c(n2)sc2ccccc23)c1. The van der Waals surface area contributed by atoms with E-state index in [0.717, 1.165) is 21.7 Å². The molecule has 0 atom stereocenters. The fourth-order valence-corrected chi connectivity index (χ4v) is 3.61. The summed E-state index contributed by atoms with van der Waals surface area (Å²) in [6.07, 6.45) is 2.21. The largest absolute Gasteiger partial charge is 0.426 e. The van der Waals surface area contributed by atoms with E-state index in [0.29, 0.717) is 5.75 Å². The summed E-state index contributed by atoms with van der Waals surface area (Å²) in [4.78, 5) is 17.2. The van der Waals surface area contributed by atoms with Crippen LogP contribution in [0, 0.1) is 0 Å². The monoisotopic (exact) mass is 409 g/mol. The molecule has 8 heteroatoms. The third-order valence-corrected chi connectivity index (χ3v) is 4.75. The number of halogens is 2. The summed E-state index contributed by atoms with van der Waals surface area (Å²) < 4.78 is 8.58. The molecule has 0 aliphatic rings. The van der Waals surface area contributed by atoms with Crippen molar-refractivity contribution in [1.29, 1.82) is 0 Å². The lowest BCUT2D eigenvalue weighted by Crippen LogP contribution is -2.13. The van der Waals surface area contributed by atoms with Gasteiger partial charge in [-0.2, -0.15) is 0 Å². The smallest absolute Gasteiger partial charge is 0.312 e. The van der Waals surface area contributed by atoms with Gasteiger partial charge in [-0.15, -0.1) is 24.8 Å². The van der Waals surface area contributed by atoms with Crippen molar-refractivity contribution in [2.75, 3.05) is 6.54 Å². The first-order valence-electron chi connectivity index (χ1n) is 7.62. The van der Waals surface area contributed by atoms with Crippen LogP contribution in [0.5, 0.6) is 5.75 Å². The van der Waals surface area contributed by atoms with Gasteiger partial charge in [0.05, 0.1) is 22.3 Å². The van der Waals surface area contributed by atoms with E-state index in [2.05, 4.69) is 16.5 Å². The van der Waals surface area contributed by atoms with Crippen molar-refractivity contribution in [1.82, 2.24) is 9.38 Å². The predicted molar refractivity (Wildman–Crippen MR) is 110 cm³/mol. The van der Waals surface area contributed by atoms with Gasteiger partial charge in [0, 0.05) is 18.3 Å². The average Bonchev–Trinajstić information content (AvgIpc) is 3.13. The lowest BCUT2D eigenvalue weighted by molar-refractivity contribution is -0.134. The molecule has 0 radical (unpaired) electrons. The maximum Gasteiger partial charge on any atom is 0.312 e. The highest BCUT2D eigenvalue weighted by Gasteiger charge is 2.11. The number of benzene rings is 2. The van der Waals surface area contributed by atoms with Crippen LogP contribution in [-0.2, 0) is 4.79 Å². The van der Waals surface area contributed by atoms with Crippen molar-refractivity contribution in [3.05, 3.63) is 54.7 Å². The number of nitrogens with two attached hydrogens (primary N) is 1. The van der Waals surface area contributed by atoms with Crippen LogP contribution >= 0.6 is 36.2 Å². The van der Waals surface area contributed by atoms with E-state index in [1.807, 2.05) is 36.5 Å². The Balaban J connectivity index is 0.00000121. The van der Waals surface area contributed by atoms with Crippen LogP contribution in [0.25, 0.3) is 26.4 Å². The van der Waals surface area contributed by atoms with Gasteiger partial charge in [-0.05, 0) is 24.3 Å². The Morgan fingerprint density at radius 1 is 1.15 bits per heavy atom. The molecule has 2 N–H and O–H groups in total. The van der Waals surface area contributed by atoms with Crippen molar-refractivity contribution in [3.63, 3.8) is 0 Å². The molecule has 2 aromatic heterocycles. The Kier molecular flexibility index (Phi) is 6.61. The molecule has 2 aromatic carbocycles. The molecule has 0 unspecified atom stereocenters. The van der Waals surface area contributed by atoms with Gasteiger partial charge in [0.25, 0.3) is 0 Å². The molecule has 0 aliphatic carbocycles. The summed E-state index contributed by atoms with van der Waals surface area (Å²) in [5.41, 5.74) is 8.27. The molecule has 4 aromatic rings. The van der Waals surface area contributed by atoms with Crippen LogP contribution in [0.3, 0.4) is 0 Å². The number of hydrogen-bond acceptors (Lipinski definition) is 5. The number of imidazole rings is 1. The Morgan fingerprint density at radius 3 is 2.77 bits per heavy atom. The topological polar surface area (TPSA) is 69.6 Å². The first-order chi connectivity index (χ1) is 11.7. The van der Waals surface area contributed by atoms with Gasteiger partial charge in [0.1, 0.15) is 5.75 Å². The Labute approximate surface area is 166 Å². The number of rotatable bonds is 4. The minimum absolute atomic E-state index is 0. The van der Waals surface area contributed by atoms with Gasteiger partial charge in [0.15, 0.2) is 4.96 Å². The highest BCUT2D eigenvalue weighted by Crippen LogP contribution is 2.30. The summed E-state index contributed by atoms with van der Waals surface area (Å²) in [6, 6.07) is 15.6. The lowest BCUT2D eigenvalue weighted by Gasteiger charge is -2.04. The Hall–Kier alpha value is -2.12. The molecule has 0 saturated heterocycles. The third-order valence-electron chi connectivity index (χ3n) is 3.71. The summed E-state index contributed by atoms with van der Waals surface area (Å²) in [5.74, 6) is 0.179. The zero-order valence-electron chi connectivity index (χ0n) is 13.6. The van der Waals surface area contributed by atoms with Gasteiger partial charge < -0.3 is 10.5 Å². The predicted octanol–water partition coefficient (Wildman–Crippen LogP) is 4.31. The molecule has 0 fully saturated rings. The summed E-state index contributed by atoms with van der Waals surface area (Å²) in [5, 5.41) is 0. The molecule has 0 amide bonds. The number of carbonyl (C=O) groups excluding carboxylic acids is 1. The highest BCUT2D eigenvalue weighted by atomic mass is 35.5.